The number of imide groups is 1. The van der Waals surface area contributed by atoms with E-state index in [9.17, 15) is 9.59 Å². The molecule has 2 heterocycles. The Hall–Kier alpha value is -2.36. The number of benzene rings is 2. The monoisotopic (exact) mass is 280 g/mol. The number of carbonyl (C=O) groups is 2. The van der Waals surface area contributed by atoms with Gasteiger partial charge in [-0.2, -0.15) is 0 Å². The molecule has 4 heteroatoms. The van der Waals surface area contributed by atoms with Gasteiger partial charge in [0.25, 0.3) is 0 Å². The zero-order valence-corrected chi connectivity index (χ0v) is 11.7. The van der Waals surface area contributed by atoms with Crippen LogP contribution in [0, 0.1) is 0 Å². The fraction of sp³-hybridized carbons (Fsp3) is 0.294. The average Bonchev–Trinajstić information content (AvgIpc) is 2.96. The lowest BCUT2D eigenvalue weighted by molar-refractivity contribution is -0.119. The molecule has 0 saturated carbocycles. The number of nitrogens with zero attached hydrogens (tertiary/aromatic N) is 2. The van der Waals surface area contributed by atoms with Crippen molar-refractivity contribution < 1.29 is 9.59 Å². The zero-order valence-electron chi connectivity index (χ0n) is 11.7. The van der Waals surface area contributed by atoms with Crippen LogP contribution < -0.4 is 4.90 Å². The van der Waals surface area contributed by atoms with Crippen LogP contribution in [0.2, 0.25) is 0 Å². The number of urea groups is 1. The molecule has 2 aromatic rings. The third kappa shape index (κ3) is 1.82. The highest BCUT2D eigenvalue weighted by Gasteiger charge is 2.42. The van der Waals surface area contributed by atoms with Crippen LogP contribution in [0.4, 0.5) is 10.5 Å². The van der Waals surface area contributed by atoms with Gasteiger partial charge in [0.2, 0.25) is 5.91 Å². The van der Waals surface area contributed by atoms with E-state index in [1.54, 1.807) is 0 Å². The molecule has 2 saturated heterocycles. The molecule has 3 amide bonds. The molecule has 0 spiro atoms. The Morgan fingerprint density at radius 1 is 1.00 bits per heavy atom. The smallest absolute Gasteiger partial charge is 0.320 e. The first-order valence-corrected chi connectivity index (χ1v) is 7.37. The van der Waals surface area contributed by atoms with E-state index in [4.69, 9.17) is 0 Å². The number of rotatable bonds is 1. The predicted octanol–water partition coefficient (Wildman–Crippen LogP) is 3.16. The fourth-order valence-electron chi connectivity index (χ4n) is 3.47. The highest BCUT2D eigenvalue weighted by atomic mass is 16.2. The van der Waals surface area contributed by atoms with Crippen LogP contribution in [0.1, 0.15) is 19.3 Å². The third-order valence-electron chi connectivity index (χ3n) is 4.48. The van der Waals surface area contributed by atoms with Crippen LogP contribution in [0.25, 0.3) is 10.8 Å². The molecule has 0 N–H and O–H groups in total. The van der Waals surface area contributed by atoms with Crippen molar-refractivity contribution in [3.63, 3.8) is 0 Å². The second-order valence-electron chi connectivity index (χ2n) is 5.70. The van der Waals surface area contributed by atoms with Gasteiger partial charge in [-0.3, -0.25) is 4.79 Å². The average molecular weight is 280 g/mol. The number of hydrogen-bond donors (Lipinski definition) is 0. The summed E-state index contributed by atoms with van der Waals surface area (Å²) in [7, 11) is 0. The summed E-state index contributed by atoms with van der Waals surface area (Å²) >= 11 is 0. The van der Waals surface area contributed by atoms with Crippen LogP contribution in [0.15, 0.2) is 42.5 Å². The molecule has 0 aromatic heterocycles. The summed E-state index contributed by atoms with van der Waals surface area (Å²) in [5.74, 6) is -0.0838. The summed E-state index contributed by atoms with van der Waals surface area (Å²) in [6, 6.07) is 13.5. The van der Waals surface area contributed by atoms with Gasteiger partial charge in [-0.05, 0) is 24.3 Å². The second-order valence-corrected chi connectivity index (χ2v) is 5.70. The van der Waals surface area contributed by atoms with Gasteiger partial charge in [0.15, 0.2) is 0 Å². The highest BCUT2D eigenvalue weighted by molar-refractivity contribution is 6.20. The van der Waals surface area contributed by atoms with E-state index in [0.717, 1.165) is 30.2 Å². The summed E-state index contributed by atoms with van der Waals surface area (Å²) in [4.78, 5) is 28.4. The molecule has 21 heavy (non-hydrogen) atoms. The first-order chi connectivity index (χ1) is 10.3. The topological polar surface area (TPSA) is 40.6 Å². The molecule has 4 rings (SSSR count). The van der Waals surface area contributed by atoms with Crippen molar-refractivity contribution in [1.82, 2.24) is 4.90 Å². The van der Waals surface area contributed by atoms with Gasteiger partial charge in [0.1, 0.15) is 0 Å². The van der Waals surface area contributed by atoms with Gasteiger partial charge < -0.3 is 4.90 Å². The van der Waals surface area contributed by atoms with E-state index in [0.29, 0.717) is 12.1 Å². The molecular weight excluding hydrogens is 264 g/mol. The molecule has 0 radical (unpaired) electrons. The zero-order chi connectivity index (χ0) is 14.4. The Kier molecular flexibility index (Phi) is 2.70. The molecule has 4 nitrogen and oxygen atoms in total. The van der Waals surface area contributed by atoms with Gasteiger partial charge in [-0.1, -0.05) is 36.4 Å². The number of anilines is 1. The quantitative estimate of drug-likeness (QED) is 0.805. The minimum Gasteiger partial charge on any atom is -0.320 e. The standard InChI is InChI=1S/C17H16N2O2/c20-16-11-13-7-4-10-18(13)17(21)19(16)15-9-3-6-12-5-1-2-8-14(12)15/h1-3,5-6,8-9,13H,4,7,10-11H2. The maximum atomic E-state index is 12.7. The Balaban J connectivity index is 1.84. The van der Waals surface area contributed by atoms with E-state index < -0.39 is 0 Å². The van der Waals surface area contributed by atoms with Crippen molar-refractivity contribution >= 4 is 28.4 Å². The van der Waals surface area contributed by atoms with Crippen molar-refractivity contribution in [2.24, 2.45) is 0 Å². The molecule has 0 aliphatic carbocycles. The third-order valence-corrected chi connectivity index (χ3v) is 4.48. The van der Waals surface area contributed by atoms with E-state index in [-0.39, 0.29) is 18.0 Å². The second kappa shape index (κ2) is 4.58. The number of fused-ring (bicyclic) bond motifs is 2. The normalized spacial score (nSPS) is 22.0. The van der Waals surface area contributed by atoms with Gasteiger partial charge in [-0.25, -0.2) is 9.69 Å². The number of amides is 3. The Morgan fingerprint density at radius 3 is 2.71 bits per heavy atom. The van der Waals surface area contributed by atoms with Crippen molar-refractivity contribution in [2.75, 3.05) is 11.4 Å². The number of carbonyl (C=O) groups excluding carboxylic acids is 2. The number of hydrogen-bond acceptors (Lipinski definition) is 2. The lowest BCUT2D eigenvalue weighted by atomic mass is 10.0. The summed E-state index contributed by atoms with van der Waals surface area (Å²) in [6.07, 6.45) is 2.38. The molecule has 2 aliphatic rings. The van der Waals surface area contributed by atoms with Crippen LogP contribution in [0.3, 0.4) is 0 Å². The highest BCUT2D eigenvalue weighted by Crippen LogP contribution is 2.33. The summed E-state index contributed by atoms with van der Waals surface area (Å²) in [6.45, 7) is 0.762. The lowest BCUT2D eigenvalue weighted by Gasteiger charge is -2.36. The predicted molar refractivity (Wildman–Crippen MR) is 81.2 cm³/mol. The van der Waals surface area contributed by atoms with Crippen molar-refractivity contribution in [1.29, 1.82) is 0 Å². The maximum Gasteiger partial charge on any atom is 0.331 e. The molecule has 106 valence electrons. The van der Waals surface area contributed by atoms with Gasteiger partial charge in [0.05, 0.1) is 5.69 Å². The van der Waals surface area contributed by atoms with Crippen molar-refractivity contribution in [3.8, 4) is 0 Å². The molecular formula is C17H16N2O2. The fourth-order valence-corrected chi connectivity index (χ4v) is 3.47. The Morgan fingerprint density at radius 2 is 1.81 bits per heavy atom. The molecule has 2 aliphatic heterocycles. The van der Waals surface area contributed by atoms with Crippen LogP contribution in [-0.4, -0.2) is 29.4 Å². The molecule has 1 atom stereocenters. The summed E-state index contributed by atoms with van der Waals surface area (Å²) in [5.41, 5.74) is 0.702. The minimum atomic E-state index is -0.162. The largest absolute Gasteiger partial charge is 0.331 e. The van der Waals surface area contributed by atoms with Gasteiger partial charge in [0, 0.05) is 24.4 Å². The van der Waals surface area contributed by atoms with E-state index in [1.165, 1.54) is 4.90 Å². The van der Waals surface area contributed by atoms with Gasteiger partial charge >= 0.3 is 6.03 Å². The van der Waals surface area contributed by atoms with Crippen LogP contribution in [0.5, 0.6) is 0 Å². The maximum absolute atomic E-state index is 12.7. The molecule has 1 unspecified atom stereocenters. The summed E-state index contributed by atoms with van der Waals surface area (Å²) < 4.78 is 0. The van der Waals surface area contributed by atoms with Crippen LogP contribution in [-0.2, 0) is 4.79 Å². The van der Waals surface area contributed by atoms with E-state index in [1.807, 2.05) is 47.4 Å². The molecule has 2 aromatic carbocycles. The van der Waals surface area contributed by atoms with Crippen molar-refractivity contribution in [3.05, 3.63) is 42.5 Å². The summed E-state index contributed by atoms with van der Waals surface area (Å²) in [5, 5.41) is 1.98. The van der Waals surface area contributed by atoms with E-state index >= 15 is 0 Å². The van der Waals surface area contributed by atoms with Gasteiger partial charge in [-0.15, -0.1) is 0 Å². The van der Waals surface area contributed by atoms with Crippen LogP contribution >= 0.6 is 0 Å². The first-order valence-electron chi connectivity index (χ1n) is 7.37. The molecule has 0 bridgehead atoms. The Bertz CT molecular complexity index is 735. The minimum absolute atomic E-state index is 0.0838. The van der Waals surface area contributed by atoms with E-state index in [2.05, 4.69) is 0 Å². The van der Waals surface area contributed by atoms with Crippen molar-refractivity contribution in [2.45, 2.75) is 25.3 Å². The first kappa shape index (κ1) is 12.4. The SMILES string of the molecule is O=C1CC2CCCN2C(=O)N1c1cccc2ccccc12. The Labute approximate surface area is 122 Å². The lowest BCUT2D eigenvalue weighted by Crippen LogP contribution is -2.54. The molecule has 2 fully saturated rings.